The molecule has 12 heteroatoms. The molecule has 2 aromatic heterocycles. The highest BCUT2D eigenvalue weighted by Crippen LogP contribution is 2.34. The molecule has 0 saturated carbocycles. The molecule has 2 atom stereocenters. The maximum absolute atomic E-state index is 12.3. The Bertz CT molecular complexity index is 1260. The summed E-state index contributed by atoms with van der Waals surface area (Å²) in [5, 5.41) is 23.1. The molecule has 2 aliphatic heterocycles. The SMILES string of the molecule is CC(=O)Nc1cc(Nc2cc(C3(O)CCOC3)cc(S(C)(=O)=O)n2)c(C2=NN(C)C(C)C2)cn1. The lowest BCUT2D eigenvalue weighted by Gasteiger charge is -2.22. The number of hydrazone groups is 1. The van der Waals surface area contributed by atoms with Gasteiger partial charge in [-0.3, -0.25) is 9.80 Å². The number of rotatable bonds is 6. The minimum absolute atomic E-state index is 0.0634. The van der Waals surface area contributed by atoms with Crippen molar-refractivity contribution in [2.24, 2.45) is 5.10 Å². The van der Waals surface area contributed by atoms with Crippen molar-refractivity contribution in [2.45, 2.75) is 43.4 Å². The molecule has 0 radical (unpaired) electrons. The average Bonchev–Trinajstić information content (AvgIpc) is 3.33. The van der Waals surface area contributed by atoms with Gasteiger partial charge in [0, 0.05) is 63.5 Å². The lowest BCUT2D eigenvalue weighted by atomic mass is 9.94. The van der Waals surface area contributed by atoms with Crippen LogP contribution in [0.25, 0.3) is 0 Å². The molecular weight excluding hydrogens is 460 g/mol. The fraction of sp³-hybridized carbons (Fsp3) is 0.455. The molecule has 2 aliphatic rings. The van der Waals surface area contributed by atoms with E-state index in [2.05, 4.69) is 32.6 Å². The molecule has 1 fully saturated rings. The van der Waals surface area contributed by atoms with Crippen LogP contribution in [0.1, 0.15) is 37.8 Å². The van der Waals surface area contributed by atoms with Crippen LogP contribution >= 0.6 is 0 Å². The van der Waals surface area contributed by atoms with E-state index in [1.54, 1.807) is 18.3 Å². The first-order valence-electron chi connectivity index (χ1n) is 10.8. The summed E-state index contributed by atoms with van der Waals surface area (Å²) in [6, 6.07) is 4.83. The Labute approximate surface area is 198 Å². The van der Waals surface area contributed by atoms with E-state index < -0.39 is 15.4 Å². The third kappa shape index (κ3) is 5.03. The number of amides is 1. The molecule has 4 rings (SSSR count). The molecule has 3 N–H and O–H groups in total. The van der Waals surface area contributed by atoms with Gasteiger partial charge in [0.15, 0.2) is 14.9 Å². The van der Waals surface area contributed by atoms with Gasteiger partial charge in [0.1, 0.15) is 17.2 Å². The summed E-state index contributed by atoms with van der Waals surface area (Å²) in [4.78, 5) is 20.2. The number of aliphatic hydroxyl groups is 1. The summed E-state index contributed by atoms with van der Waals surface area (Å²) >= 11 is 0. The number of nitrogens with one attached hydrogen (secondary N) is 2. The smallest absolute Gasteiger partial charge is 0.222 e. The molecule has 0 aliphatic carbocycles. The minimum atomic E-state index is -3.66. The van der Waals surface area contributed by atoms with E-state index in [-0.39, 0.29) is 29.4 Å². The fourth-order valence-corrected chi connectivity index (χ4v) is 4.50. The first kappa shape index (κ1) is 24.0. The van der Waals surface area contributed by atoms with Crippen LogP contribution in [0, 0.1) is 0 Å². The molecule has 34 heavy (non-hydrogen) atoms. The Morgan fingerprint density at radius 3 is 2.65 bits per heavy atom. The molecular formula is C22H28N6O5S. The molecule has 0 bridgehead atoms. The van der Waals surface area contributed by atoms with Crippen molar-refractivity contribution < 1.29 is 23.1 Å². The molecule has 2 aromatic rings. The molecule has 0 aromatic carbocycles. The van der Waals surface area contributed by atoms with Crippen LogP contribution in [0.5, 0.6) is 0 Å². The summed E-state index contributed by atoms with van der Waals surface area (Å²) in [6.45, 7) is 3.87. The zero-order chi connectivity index (χ0) is 24.7. The van der Waals surface area contributed by atoms with E-state index in [1.165, 1.54) is 13.0 Å². The van der Waals surface area contributed by atoms with Crippen LogP contribution in [-0.2, 0) is 25.0 Å². The maximum Gasteiger partial charge on any atom is 0.222 e. The number of ether oxygens (including phenoxy) is 1. The van der Waals surface area contributed by atoms with E-state index in [0.717, 1.165) is 12.0 Å². The van der Waals surface area contributed by atoms with Gasteiger partial charge in [0.25, 0.3) is 0 Å². The van der Waals surface area contributed by atoms with E-state index in [1.807, 2.05) is 12.1 Å². The number of nitrogens with zero attached hydrogens (tertiary/aromatic N) is 4. The first-order chi connectivity index (χ1) is 15.9. The van der Waals surface area contributed by atoms with Crippen molar-refractivity contribution >= 4 is 38.8 Å². The van der Waals surface area contributed by atoms with Gasteiger partial charge in [-0.2, -0.15) is 5.10 Å². The highest BCUT2D eigenvalue weighted by molar-refractivity contribution is 7.90. The van der Waals surface area contributed by atoms with Crippen molar-refractivity contribution in [3.63, 3.8) is 0 Å². The summed E-state index contributed by atoms with van der Waals surface area (Å²) in [5.41, 5.74) is 1.11. The summed E-state index contributed by atoms with van der Waals surface area (Å²) in [7, 11) is -1.78. The summed E-state index contributed by atoms with van der Waals surface area (Å²) in [6.07, 6.45) is 3.70. The minimum Gasteiger partial charge on any atom is -0.383 e. The Hall–Kier alpha value is -3.09. The number of pyridine rings is 2. The topological polar surface area (TPSA) is 146 Å². The zero-order valence-corrected chi connectivity index (χ0v) is 20.3. The second kappa shape index (κ2) is 8.93. The number of sulfone groups is 1. The van der Waals surface area contributed by atoms with Gasteiger partial charge in [0.2, 0.25) is 5.91 Å². The van der Waals surface area contributed by atoms with Gasteiger partial charge in [-0.15, -0.1) is 0 Å². The van der Waals surface area contributed by atoms with E-state index in [0.29, 0.717) is 42.1 Å². The second-order valence-electron chi connectivity index (χ2n) is 8.78. The standard InChI is InChI=1S/C22H28N6O5S/c1-13-7-18(27-28(13)3)16-11-23-19(24-14(2)29)10-17(16)25-20-8-15(22(30)5-6-33-12-22)9-21(26-20)34(4,31)32/h8-11,13,30H,5-7,12H2,1-4H3,(H2,23,24,25,26,29). The van der Waals surface area contributed by atoms with E-state index in [9.17, 15) is 18.3 Å². The number of hydrogen-bond donors (Lipinski definition) is 3. The van der Waals surface area contributed by atoms with Crippen molar-refractivity contribution in [3.8, 4) is 0 Å². The van der Waals surface area contributed by atoms with Crippen LogP contribution in [0.4, 0.5) is 17.3 Å². The molecule has 2 unspecified atom stereocenters. The third-order valence-corrected chi connectivity index (χ3v) is 6.88. The Balaban J connectivity index is 1.80. The first-order valence-corrected chi connectivity index (χ1v) is 12.7. The predicted octanol–water partition coefficient (Wildman–Crippen LogP) is 1.62. The summed E-state index contributed by atoms with van der Waals surface area (Å²) in [5.74, 6) is 0.265. The molecule has 0 spiro atoms. The number of carbonyl (C=O) groups is 1. The van der Waals surface area contributed by atoms with Crippen LogP contribution in [0.2, 0.25) is 0 Å². The predicted molar refractivity (Wildman–Crippen MR) is 127 cm³/mol. The molecule has 4 heterocycles. The van der Waals surface area contributed by atoms with E-state index >= 15 is 0 Å². The maximum atomic E-state index is 12.3. The lowest BCUT2D eigenvalue weighted by molar-refractivity contribution is -0.114. The average molecular weight is 489 g/mol. The van der Waals surface area contributed by atoms with Crippen LogP contribution in [-0.4, -0.2) is 72.7 Å². The van der Waals surface area contributed by atoms with Gasteiger partial charge in [-0.1, -0.05) is 0 Å². The highest BCUT2D eigenvalue weighted by Gasteiger charge is 2.35. The quantitative estimate of drug-likeness (QED) is 0.552. The molecule has 1 saturated heterocycles. The number of aromatic nitrogens is 2. The normalized spacial score (nSPS) is 22.6. The number of hydrogen-bond acceptors (Lipinski definition) is 10. The zero-order valence-electron chi connectivity index (χ0n) is 19.5. The van der Waals surface area contributed by atoms with Gasteiger partial charge >= 0.3 is 0 Å². The van der Waals surface area contributed by atoms with E-state index in [4.69, 9.17) is 4.74 Å². The summed E-state index contributed by atoms with van der Waals surface area (Å²) < 4.78 is 30.0. The van der Waals surface area contributed by atoms with Crippen LogP contribution in [0.3, 0.4) is 0 Å². The third-order valence-electron chi connectivity index (χ3n) is 5.91. The Morgan fingerprint density at radius 1 is 1.29 bits per heavy atom. The Kier molecular flexibility index (Phi) is 6.32. The number of anilines is 3. The second-order valence-corrected chi connectivity index (χ2v) is 10.7. The van der Waals surface area contributed by atoms with Crippen molar-refractivity contribution in [2.75, 3.05) is 37.2 Å². The highest BCUT2D eigenvalue weighted by atomic mass is 32.2. The molecule has 11 nitrogen and oxygen atoms in total. The van der Waals surface area contributed by atoms with Crippen LogP contribution in [0.15, 0.2) is 34.5 Å². The van der Waals surface area contributed by atoms with Crippen LogP contribution < -0.4 is 10.6 Å². The fourth-order valence-electron chi connectivity index (χ4n) is 3.89. The van der Waals surface area contributed by atoms with Gasteiger partial charge in [-0.05, 0) is 24.6 Å². The number of carbonyl (C=O) groups excluding carboxylic acids is 1. The van der Waals surface area contributed by atoms with Gasteiger partial charge in [-0.25, -0.2) is 18.4 Å². The molecule has 182 valence electrons. The van der Waals surface area contributed by atoms with Crippen molar-refractivity contribution in [1.82, 2.24) is 15.0 Å². The van der Waals surface area contributed by atoms with Crippen molar-refractivity contribution in [3.05, 3.63) is 35.5 Å². The monoisotopic (exact) mass is 488 g/mol. The van der Waals surface area contributed by atoms with Gasteiger partial charge in [0.05, 0.1) is 18.0 Å². The largest absolute Gasteiger partial charge is 0.383 e. The van der Waals surface area contributed by atoms with Gasteiger partial charge < -0.3 is 20.5 Å². The van der Waals surface area contributed by atoms with Crippen molar-refractivity contribution in [1.29, 1.82) is 0 Å². The lowest BCUT2D eigenvalue weighted by Crippen LogP contribution is -2.26. The Morgan fingerprint density at radius 2 is 2.06 bits per heavy atom. The molecule has 1 amide bonds.